The average molecular weight is 436 g/mol. The van der Waals surface area contributed by atoms with Crippen molar-refractivity contribution in [2.24, 2.45) is 0 Å². The highest BCUT2D eigenvalue weighted by Gasteiger charge is 2.16. The minimum absolute atomic E-state index is 0.0478. The Balaban J connectivity index is 2.00. The molecule has 27 heavy (non-hydrogen) atoms. The van der Waals surface area contributed by atoms with Gasteiger partial charge in [0.15, 0.2) is 18.1 Å². The number of halogens is 1. The molecule has 146 valence electrons. The van der Waals surface area contributed by atoms with Crippen LogP contribution < -0.4 is 19.5 Å². The predicted octanol–water partition coefficient (Wildman–Crippen LogP) is 4.68. The minimum atomic E-state index is -0.178. The van der Waals surface area contributed by atoms with Gasteiger partial charge in [-0.3, -0.25) is 4.79 Å². The van der Waals surface area contributed by atoms with Gasteiger partial charge in [0.05, 0.1) is 24.7 Å². The highest BCUT2D eigenvalue weighted by atomic mass is 79.9. The van der Waals surface area contributed by atoms with Crippen LogP contribution in [0.2, 0.25) is 0 Å². The van der Waals surface area contributed by atoms with E-state index >= 15 is 0 Å². The van der Waals surface area contributed by atoms with Gasteiger partial charge >= 0.3 is 0 Å². The van der Waals surface area contributed by atoms with E-state index in [9.17, 15) is 4.79 Å². The van der Waals surface area contributed by atoms with Gasteiger partial charge in [0, 0.05) is 0 Å². The van der Waals surface area contributed by atoms with Crippen molar-refractivity contribution in [3.8, 4) is 17.2 Å². The highest BCUT2D eigenvalue weighted by Crippen LogP contribution is 2.31. The van der Waals surface area contributed by atoms with Crippen molar-refractivity contribution in [3.05, 3.63) is 52.0 Å². The van der Waals surface area contributed by atoms with Gasteiger partial charge in [-0.15, -0.1) is 0 Å². The van der Waals surface area contributed by atoms with Crippen LogP contribution in [0, 0.1) is 0 Å². The van der Waals surface area contributed by atoms with Crippen LogP contribution in [0.4, 0.5) is 0 Å². The lowest BCUT2D eigenvalue weighted by molar-refractivity contribution is -0.123. The van der Waals surface area contributed by atoms with Crippen molar-refractivity contribution >= 4 is 21.8 Å². The molecule has 2 aromatic rings. The fourth-order valence-electron chi connectivity index (χ4n) is 2.75. The van der Waals surface area contributed by atoms with Crippen molar-refractivity contribution in [1.82, 2.24) is 5.32 Å². The summed E-state index contributed by atoms with van der Waals surface area (Å²) < 4.78 is 17.1. The number of ether oxygens (including phenoxy) is 3. The van der Waals surface area contributed by atoms with Crippen molar-refractivity contribution in [1.29, 1.82) is 0 Å². The summed E-state index contributed by atoms with van der Waals surface area (Å²) in [7, 11) is 3.19. The third kappa shape index (κ3) is 5.63. The first-order valence-electron chi connectivity index (χ1n) is 8.94. The van der Waals surface area contributed by atoms with Crippen molar-refractivity contribution in [3.63, 3.8) is 0 Å². The van der Waals surface area contributed by atoms with Gasteiger partial charge in [0.25, 0.3) is 5.91 Å². The SMILES string of the molecule is CCc1ccc(OCC(=O)N[C@@H](CC)c2ccc(OC)c(OC)c2)c(Br)c1. The molecule has 5 nitrogen and oxygen atoms in total. The van der Waals surface area contributed by atoms with Gasteiger partial charge in [0.1, 0.15) is 5.75 Å². The normalized spacial score (nSPS) is 11.6. The van der Waals surface area contributed by atoms with E-state index in [1.165, 1.54) is 5.56 Å². The predicted molar refractivity (Wildman–Crippen MR) is 110 cm³/mol. The average Bonchev–Trinajstić information content (AvgIpc) is 2.70. The maximum Gasteiger partial charge on any atom is 0.258 e. The first-order chi connectivity index (χ1) is 13.0. The number of aryl methyl sites for hydroxylation is 1. The fourth-order valence-corrected chi connectivity index (χ4v) is 3.29. The number of hydrogen-bond acceptors (Lipinski definition) is 4. The van der Waals surface area contributed by atoms with Crippen LogP contribution in [0.15, 0.2) is 40.9 Å². The number of rotatable bonds is 9. The Labute approximate surface area is 169 Å². The topological polar surface area (TPSA) is 56.8 Å². The molecule has 0 bridgehead atoms. The molecule has 6 heteroatoms. The molecule has 0 saturated heterocycles. The summed E-state index contributed by atoms with van der Waals surface area (Å²) in [6.07, 6.45) is 1.69. The van der Waals surface area contributed by atoms with E-state index in [4.69, 9.17) is 14.2 Å². The molecule has 0 heterocycles. The Hall–Kier alpha value is -2.21. The third-order valence-electron chi connectivity index (χ3n) is 4.32. The molecular weight excluding hydrogens is 410 g/mol. The van der Waals surface area contributed by atoms with Crippen LogP contribution in [0.25, 0.3) is 0 Å². The summed E-state index contributed by atoms with van der Waals surface area (Å²) in [4.78, 5) is 12.4. The minimum Gasteiger partial charge on any atom is -0.493 e. The van der Waals surface area contributed by atoms with Crippen molar-refractivity contribution in [2.45, 2.75) is 32.7 Å². The standard InChI is InChI=1S/C21H26BrNO4/c1-5-14-7-9-18(16(22)11-14)27-13-21(24)23-17(6-2)15-8-10-19(25-3)20(12-15)26-4/h7-12,17H,5-6,13H2,1-4H3,(H,23,24)/t17-/m0/s1. The maximum absolute atomic E-state index is 12.4. The number of nitrogens with one attached hydrogen (secondary N) is 1. The quantitative estimate of drug-likeness (QED) is 0.621. The molecule has 0 saturated carbocycles. The van der Waals surface area contributed by atoms with Crippen LogP contribution >= 0.6 is 15.9 Å². The van der Waals surface area contributed by atoms with E-state index in [0.29, 0.717) is 17.2 Å². The zero-order chi connectivity index (χ0) is 19.8. The number of methoxy groups -OCH3 is 2. The van der Waals surface area contributed by atoms with E-state index < -0.39 is 0 Å². The van der Waals surface area contributed by atoms with Crippen LogP contribution in [0.1, 0.15) is 37.4 Å². The molecule has 0 unspecified atom stereocenters. The Morgan fingerprint density at radius 3 is 2.33 bits per heavy atom. The Kier molecular flexibility index (Phi) is 7.98. The number of carbonyl (C=O) groups is 1. The zero-order valence-electron chi connectivity index (χ0n) is 16.2. The Bertz CT molecular complexity index is 779. The molecule has 0 aromatic heterocycles. The Morgan fingerprint density at radius 1 is 1.04 bits per heavy atom. The number of hydrogen-bond donors (Lipinski definition) is 1. The van der Waals surface area contributed by atoms with E-state index in [1.54, 1.807) is 14.2 Å². The van der Waals surface area contributed by atoms with E-state index in [2.05, 4.69) is 28.2 Å². The smallest absolute Gasteiger partial charge is 0.258 e. The highest BCUT2D eigenvalue weighted by molar-refractivity contribution is 9.10. The summed E-state index contributed by atoms with van der Waals surface area (Å²) in [6, 6.07) is 11.4. The van der Waals surface area contributed by atoms with E-state index in [0.717, 1.165) is 22.9 Å². The molecule has 0 radical (unpaired) electrons. The summed E-state index contributed by atoms with van der Waals surface area (Å²) in [5.74, 6) is 1.77. The van der Waals surface area contributed by atoms with E-state index in [1.807, 2.05) is 43.3 Å². The number of benzene rings is 2. The molecule has 2 aromatic carbocycles. The second kappa shape index (κ2) is 10.2. The third-order valence-corrected chi connectivity index (χ3v) is 4.94. The van der Waals surface area contributed by atoms with Gasteiger partial charge in [-0.25, -0.2) is 0 Å². The molecule has 1 amide bonds. The maximum atomic E-state index is 12.4. The molecule has 0 aliphatic rings. The summed E-state index contributed by atoms with van der Waals surface area (Å²) in [5.41, 5.74) is 2.16. The van der Waals surface area contributed by atoms with Crippen molar-refractivity contribution in [2.75, 3.05) is 20.8 Å². The van der Waals surface area contributed by atoms with Gasteiger partial charge in [-0.1, -0.05) is 26.0 Å². The number of amides is 1. The molecule has 2 rings (SSSR count). The van der Waals surface area contributed by atoms with Gasteiger partial charge in [0.2, 0.25) is 0 Å². The second-order valence-electron chi connectivity index (χ2n) is 6.05. The summed E-state index contributed by atoms with van der Waals surface area (Å²) in [5, 5.41) is 3.01. The van der Waals surface area contributed by atoms with Crippen LogP contribution in [-0.2, 0) is 11.2 Å². The van der Waals surface area contributed by atoms with Gasteiger partial charge in [-0.05, 0) is 64.2 Å². The van der Waals surface area contributed by atoms with Crippen LogP contribution in [0.5, 0.6) is 17.2 Å². The fraction of sp³-hybridized carbons (Fsp3) is 0.381. The zero-order valence-corrected chi connectivity index (χ0v) is 17.8. The molecule has 0 fully saturated rings. The first kappa shape index (κ1) is 21.1. The molecular formula is C21H26BrNO4. The number of carbonyl (C=O) groups excluding carboxylic acids is 1. The molecule has 0 aliphatic heterocycles. The molecule has 1 N–H and O–H groups in total. The lowest BCUT2D eigenvalue weighted by atomic mass is 10.0. The van der Waals surface area contributed by atoms with Crippen LogP contribution in [0.3, 0.4) is 0 Å². The molecule has 1 atom stereocenters. The van der Waals surface area contributed by atoms with Gasteiger partial charge < -0.3 is 19.5 Å². The lowest BCUT2D eigenvalue weighted by Crippen LogP contribution is -2.32. The summed E-state index contributed by atoms with van der Waals surface area (Å²) >= 11 is 3.49. The second-order valence-corrected chi connectivity index (χ2v) is 6.90. The Morgan fingerprint density at radius 2 is 1.74 bits per heavy atom. The summed E-state index contributed by atoms with van der Waals surface area (Å²) in [6.45, 7) is 4.06. The van der Waals surface area contributed by atoms with Gasteiger partial charge in [-0.2, -0.15) is 0 Å². The van der Waals surface area contributed by atoms with E-state index in [-0.39, 0.29) is 18.6 Å². The lowest BCUT2D eigenvalue weighted by Gasteiger charge is -2.19. The first-order valence-corrected chi connectivity index (χ1v) is 9.74. The van der Waals surface area contributed by atoms with Crippen LogP contribution in [-0.4, -0.2) is 26.7 Å². The van der Waals surface area contributed by atoms with Crippen molar-refractivity contribution < 1.29 is 19.0 Å². The molecule has 0 spiro atoms. The molecule has 0 aliphatic carbocycles. The monoisotopic (exact) mass is 435 g/mol. The largest absolute Gasteiger partial charge is 0.493 e.